The van der Waals surface area contributed by atoms with Crippen LogP contribution in [-0.4, -0.2) is 37.5 Å². The molecular weight excluding hydrogens is 504 g/mol. The van der Waals surface area contributed by atoms with Crippen LogP contribution in [0.15, 0.2) is 75.1 Å². The molecule has 2 heterocycles. The molecule has 9 nitrogen and oxygen atoms in total. The van der Waals surface area contributed by atoms with E-state index < -0.39 is 27.2 Å². The molecule has 0 bridgehead atoms. The quantitative estimate of drug-likeness (QED) is 0.425. The third-order valence-electron chi connectivity index (χ3n) is 6.21. The first-order chi connectivity index (χ1) is 17.2. The maximum Gasteiger partial charge on any atom is 0.333 e. The van der Waals surface area contributed by atoms with Gasteiger partial charge in [0.1, 0.15) is 0 Å². The smallest absolute Gasteiger partial charge is 0.333 e. The summed E-state index contributed by atoms with van der Waals surface area (Å²) in [5, 5.41) is 2.44. The van der Waals surface area contributed by atoms with Gasteiger partial charge in [0.25, 0.3) is 21.5 Å². The minimum Gasteiger partial charge on any atom is -0.355 e. The summed E-state index contributed by atoms with van der Waals surface area (Å²) in [6.45, 7) is 0.295. The normalized spacial score (nSPS) is 13.4. The molecule has 0 radical (unpaired) electrons. The first-order valence-electron chi connectivity index (χ1n) is 11.1. The van der Waals surface area contributed by atoms with Gasteiger partial charge in [-0.15, -0.1) is 0 Å². The van der Waals surface area contributed by atoms with Gasteiger partial charge in [0.15, 0.2) is 0 Å². The van der Waals surface area contributed by atoms with Gasteiger partial charge in [-0.2, -0.15) is 0 Å². The number of H-pyrrole nitrogens is 1. The minimum absolute atomic E-state index is 0.00244. The van der Waals surface area contributed by atoms with Crippen molar-refractivity contribution in [3.05, 3.63) is 97.7 Å². The maximum atomic E-state index is 13.7. The molecule has 0 saturated carbocycles. The molecule has 2 N–H and O–H groups in total. The SMILES string of the molecule is CNC(=O)c1cccc2[nH]c(=O)n(-c3cc(S(=O)(=O)N4CCCc5ccccc54)ccc3Cl)c(=O)c12. The second-order valence-corrected chi connectivity index (χ2v) is 10.6. The highest BCUT2D eigenvalue weighted by Gasteiger charge is 2.30. The number of benzene rings is 3. The van der Waals surface area contributed by atoms with Gasteiger partial charge in [-0.05, 0) is 54.8 Å². The molecule has 1 aliphatic rings. The molecule has 0 atom stereocenters. The molecule has 4 aromatic rings. The van der Waals surface area contributed by atoms with Gasteiger partial charge in [-0.3, -0.25) is 13.9 Å². The Bertz CT molecular complexity index is 1760. The first-order valence-corrected chi connectivity index (χ1v) is 13.0. The number of halogens is 1. The van der Waals surface area contributed by atoms with Crippen molar-refractivity contribution in [2.45, 2.75) is 17.7 Å². The zero-order valence-electron chi connectivity index (χ0n) is 19.1. The van der Waals surface area contributed by atoms with E-state index in [1.54, 1.807) is 18.2 Å². The van der Waals surface area contributed by atoms with E-state index in [-0.39, 0.29) is 32.1 Å². The van der Waals surface area contributed by atoms with Crippen LogP contribution in [0, 0.1) is 0 Å². The highest BCUT2D eigenvalue weighted by atomic mass is 35.5. The van der Waals surface area contributed by atoms with Crippen molar-refractivity contribution in [3.8, 4) is 5.69 Å². The number of para-hydroxylation sites is 1. The highest BCUT2D eigenvalue weighted by molar-refractivity contribution is 7.92. The van der Waals surface area contributed by atoms with Crippen molar-refractivity contribution in [2.24, 2.45) is 0 Å². The van der Waals surface area contributed by atoms with Crippen LogP contribution in [0.2, 0.25) is 5.02 Å². The number of aromatic nitrogens is 2. The summed E-state index contributed by atoms with van der Waals surface area (Å²) >= 11 is 6.37. The van der Waals surface area contributed by atoms with Gasteiger partial charge in [0.2, 0.25) is 0 Å². The second kappa shape index (κ2) is 8.96. The predicted octanol–water partition coefficient (Wildman–Crippen LogP) is 2.83. The van der Waals surface area contributed by atoms with E-state index in [1.807, 2.05) is 12.1 Å². The van der Waals surface area contributed by atoms with Crippen molar-refractivity contribution in [3.63, 3.8) is 0 Å². The zero-order valence-corrected chi connectivity index (χ0v) is 20.7. The van der Waals surface area contributed by atoms with Crippen LogP contribution in [0.3, 0.4) is 0 Å². The summed E-state index contributed by atoms with van der Waals surface area (Å²) < 4.78 is 29.4. The highest BCUT2D eigenvalue weighted by Crippen LogP contribution is 2.33. The van der Waals surface area contributed by atoms with Crippen molar-refractivity contribution >= 4 is 44.1 Å². The number of aromatic amines is 1. The Balaban J connectivity index is 1.72. The van der Waals surface area contributed by atoms with Gasteiger partial charge >= 0.3 is 5.69 Å². The fourth-order valence-electron chi connectivity index (χ4n) is 4.51. The summed E-state index contributed by atoms with van der Waals surface area (Å²) in [4.78, 5) is 41.3. The molecule has 0 spiro atoms. The van der Waals surface area contributed by atoms with Crippen LogP contribution >= 0.6 is 11.6 Å². The summed E-state index contributed by atoms with van der Waals surface area (Å²) in [6, 6.07) is 15.7. The number of aryl methyl sites for hydroxylation is 1. The number of sulfonamides is 1. The average Bonchev–Trinajstić information content (AvgIpc) is 2.88. The Labute approximate surface area is 211 Å². The van der Waals surface area contributed by atoms with Gasteiger partial charge in [0.05, 0.1) is 37.8 Å². The topological polar surface area (TPSA) is 121 Å². The molecule has 0 fully saturated rings. The fourth-order valence-corrected chi connectivity index (χ4v) is 6.27. The van der Waals surface area contributed by atoms with E-state index in [9.17, 15) is 22.8 Å². The van der Waals surface area contributed by atoms with E-state index in [2.05, 4.69) is 10.3 Å². The predicted molar refractivity (Wildman–Crippen MR) is 138 cm³/mol. The Morgan fingerprint density at radius 1 is 1.03 bits per heavy atom. The lowest BCUT2D eigenvalue weighted by atomic mass is 10.0. The molecule has 1 aliphatic heterocycles. The minimum atomic E-state index is -4.03. The molecular formula is C25H21ClN4O5S. The number of nitrogens with one attached hydrogen (secondary N) is 2. The number of anilines is 1. The van der Waals surface area contributed by atoms with E-state index in [1.165, 1.54) is 41.7 Å². The molecule has 36 heavy (non-hydrogen) atoms. The second-order valence-electron chi connectivity index (χ2n) is 8.30. The van der Waals surface area contributed by atoms with Crippen LogP contribution in [0.25, 0.3) is 16.6 Å². The molecule has 11 heteroatoms. The molecule has 0 aliphatic carbocycles. The van der Waals surface area contributed by atoms with Gasteiger partial charge < -0.3 is 10.3 Å². The van der Waals surface area contributed by atoms with Crippen LogP contribution in [0.1, 0.15) is 22.3 Å². The Morgan fingerprint density at radius 3 is 2.58 bits per heavy atom. The third kappa shape index (κ3) is 3.78. The average molecular weight is 525 g/mol. The number of hydrogen-bond acceptors (Lipinski definition) is 5. The summed E-state index contributed by atoms with van der Waals surface area (Å²) in [5.41, 5.74) is 0.0283. The molecule has 3 aromatic carbocycles. The standard InChI is InChI=1S/C25H21ClN4O5S/c1-27-23(31)17-8-4-9-19-22(17)24(32)30(25(33)28-19)21-14-16(11-12-18(21)26)36(34,35)29-13-5-7-15-6-2-3-10-20(15)29/h2-4,6,8-12,14H,5,7,13H2,1H3,(H,27,31)(H,28,33). The molecule has 1 amide bonds. The fraction of sp³-hybridized carbons (Fsp3) is 0.160. The Kier molecular flexibility index (Phi) is 5.93. The van der Waals surface area contributed by atoms with Gasteiger partial charge in [-0.1, -0.05) is 35.9 Å². The van der Waals surface area contributed by atoms with Gasteiger partial charge in [-0.25, -0.2) is 17.8 Å². The van der Waals surface area contributed by atoms with Crippen molar-refractivity contribution in [2.75, 3.05) is 17.9 Å². The van der Waals surface area contributed by atoms with Crippen LogP contribution in [0.4, 0.5) is 5.69 Å². The lowest BCUT2D eigenvalue weighted by Crippen LogP contribution is -2.36. The van der Waals surface area contributed by atoms with Crippen LogP contribution in [0.5, 0.6) is 0 Å². The van der Waals surface area contributed by atoms with Crippen molar-refractivity contribution < 1.29 is 13.2 Å². The molecule has 0 saturated heterocycles. The lowest BCUT2D eigenvalue weighted by molar-refractivity contribution is 0.0964. The van der Waals surface area contributed by atoms with Gasteiger partial charge in [0, 0.05) is 13.6 Å². The van der Waals surface area contributed by atoms with E-state index in [0.717, 1.165) is 16.6 Å². The number of carbonyl (C=O) groups excluding carboxylic acids is 1. The largest absolute Gasteiger partial charge is 0.355 e. The van der Waals surface area contributed by atoms with E-state index >= 15 is 0 Å². The molecule has 184 valence electrons. The monoisotopic (exact) mass is 524 g/mol. The number of rotatable bonds is 4. The maximum absolute atomic E-state index is 13.7. The summed E-state index contributed by atoms with van der Waals surface area (Å²) in [6.07, 6.45) is 1.42. The summed E-state index contributed by atoms with van der Waals surface area (Å²) in [7, 11) is -2.61. The molecule has 0 unspecified atom stereocenters. The van der Waals surface area contributed by atoms with Crippen LogP contribution in [-0.2, 0) is 16.4 Å². The van der Waals surface area contributed by atoms with Crippen molar-refractivity contribution in [1.82, 2.24) is 14.9 Å². The number of nitrogens with zero attached hydrogens (tertiary/aromatic N) is 2. The van der Waals surface area contributed by atoms with E-state index in [0.29, 0.717) is 18.7 Å². The van der Waals surface area contributed by atoms with Crippen LogP contribution < -0.4 is 20.9 Å². The molecule has 1 aromatic heterocycles. The Hall–Kier alpha value is -3.89. The van der Waals surface area contributed by atoms with Crippen molar-refractivity contribution in [1.29, 1.82) is 0 Å². The number of amides is 1. The Morgan fingerprint density at radius 2 is 1.81 bits per heavy atom. The number of carbonyl (C=O) groups is 1. The third-order valence-corrected chi connectivity index (χ3v) is 8.34. The molecule has 5 rings (SSSR count). The first kappa shape index (κ1) is 23.8. The zero-order chi connectivity index (χ0) is 25.6. The summed E-state index contributed by atoms with van der Waals surface area (Å²) in [5.74, 6) is -0.512. The lowest BCUT2D eigenvalue weighted by Gasteiger charge is -2.30. The van der Waals surface area contributed by atoms with E-state index in [4.69, 9.17) is 11.6 Å². The number of fused-ring (bicyclic) bond motifs is 2. The number of hydrogen-bond donors (Lipinski definition) is 2.